The van der Waals surface area contributed by atoms with Crippen molar-refractivity contribution < 1.29 is 13.2 Å². The number of carbonyl (C=O) groups excluding carboxylic acids is 1. The minimum absolute atomic E-state index is 0.0240. The summed E-state index contributed by atoms with van der Waals surface area (Å²) in [4.78, 5) is 19.0. The van der Waals surface area contributed by atoms with E-state index in [1.54, 1.807) is 4.90 Å². The number of thioether (sulfide) groups is 1. The lowest BCUT2D eigenvalue weighted by Gasteiger charge is -2.33. The van der Waals surface area contributed by atoms with Crippen LogP contribution in [-0.4, -0.2) is 53.6 Å². The fraction of sp³-hybridized carbons (Fsp3) is 0.611. The second-order valence-electron chi connectivity index (χ2n) is 6.78. The minimum atomic E-state index is -3.06. The zero-order valence-electron chi connectivity index (χ0n) is 15.7. The number of rotatable bonds is 6. The Morgan fingerprint density at radius 3 is 2.73 bits per heavy atom. The number of hydrogen-bond donors (Lipinski definition) is 0. The first kappa shape index (κ1) is 20.7. The smallest absolute Gasteiger partial charge is 0.233 e. The molecule has 1 aliphatic heterocycles. The number of amides is 1. The molecule has 142 valence electrons. The summed E-state index contributed by atoms with van der Waals surface area (Å²) in [5.74, 6) is 0.225. The average molecular weight is 396 g/mol. The first-order chi connectivity index (χ1) is 12.2. The Labute approximate surface area is 159 Å². The van der Waals surface area contributed by atoms with Gasteiger partial charge in [-0.15, -0.1) is 0 Å². The first-order valence-electron chi connectivity index (χ1n) is 8.71. The molecule has 6 nitrogen and oxygen atoms in total. The molecule has 0 aliphatic carbocycles. The topological polar surface area (TPSA) is 91.1 Å². The molecule has 1 aromatic rings. The van der Waals surface area contributed by atoms with E-state index in [2.05, 4.69) is 11.1 Å². The predicted octanol–water partition coefficient (Wildman–Crippen LogP) is 2.48. The zero-order valence-corrected chi connectivity index (χ0v) is 17.3. The van der Waals surface area contributed by atoms with Crippen molar-refractivity contribution in [1.29, 1.82) is 5.26 Å². The van der Waals surface area contributed by atoms with E-state index in [9.17, 15) is 18.5 Å². The van der Waals surface area contributed by atoms with Gasteiger partial charge in [0.1, 0.15) is 11.1 Å². The van der Waals surface area contributed by atoms with Crippen molar-refractivity contribution in [3.8, 4) is 6.07 Å². The van der Waals surface area contributed by atoms with E-state index < -0.39 is 9.84 Å². The predicted molar refractivity (Wildman–Crippen MR) is 103 cm³/mol. The second-order valence-corrected chi connectivity index (χ2v) is 9.97. The Morgan fingerprint density at radius 1 is 1.50 bits per heavy atom. The highest BCUT2D eigenvalue weighted by Gasteiger charge is 2.36. The number of hydrogen-bond acceptors (Lipinski definition) is 6. The van der Waals surface area contributed by atoms with Crippen LogP contribution in [0.4, 0.5) is 0 Å². The Balaban J connectivity index is 2.17. The van der Waals surface area contributed by atoms with Crippen LogP contribution in [0.3, 0.4) is 0 Å². The van der Waals surface area contributed by atoms with Crippen LogP contribution in [0.2, 0.25) is 0 Å². The summed E-state index contributed by atoms with van der Waals surface area (Å²) in [6.07, 6.45) is 1.26. The summed E-state index contributed by atoms with van der Waals surface area (Å²) >= 11 is 1.25. The van der Waals surface area contributed by atoms with Gasteiger partial charge in [-0.3, -0.25) is 4.79 Å². The van der Waals surface area contributed by atoms with Crippen LogP contribution in [0.25, 0.3) is 0 Å². The molecule has 0 bridgehead atoms. The largest absolute Gasteiger partial charge is 0.335 e. The molecule has 0 saturated carbocycles. The minimum Gasteiger partial charge on any atom is -0.335 e. The molecule has 26 heavy (non-hydrogen) atoms. The zero-order chi connectivity index (χ0) is 19.5. The monoisotopic (exact) mass is 395 g/mol. The van der Waals surface area contributed by atoms with Gasteiger partial charge in [-0.1, -0.05) is 18.7 Å². The van der Waals surface area contributed by atoms with E-state index in [0.29, 0.717) is 17.0 Å². The van der Waals surface area contributed by atoms with Crippen LogP contribution >= 0.6 is 11.8 Å². The quantitative estimate of drug-likeness (QED) is 0.687. The normalized spacial score (nSPS) is 19.7. The fourth-order valence-corrected chi connectivity index (χ4v) is 5.93. The highest BCUT2D eigenvalue weighted by molar-refractivity contribution is 8.00. The van der Waals surface area contributed by atoms with Crippen LogP contribution in [0.15, 0.2) is 11.1 Å². The maximum Gasteiger partial charge on any atom is 0.233 e. The summed E-state index contributed by atoms with van der Waals surface area (Å²) in [6.45, 7) is 7.65. The van der Waals surface area contributed by atoms with Gasteiger partial charge in [0.2, 0.25) is 5.91 Å². The van der Waals surface area contributed by atoms with Gasteiger partial charge < -0.3 is 4.90 Å². The number of sulfone groups is 1. The van der Waals surface area contributed by atoms with E-state index in [4.69, 9.17) is 0 Å². The maximum absolute atomic E-state index is 12.9. The molecule has 8 heteroatoms. The molecule has 0 spiro atoms. The van der Waals surface area contributed by atoms with Gasteiger partial charge in [-0.2, -0.15) is 5.26 Å². The molecule has 1 amide bonds. The number of aryl methyl sites for hydroxylation is 2. The van der Waals surface area contributed by atoms with Crippen molar-refractivity contribution in [2.45, 2.75) is 57.6 Å². The molecule has 2 rings (SSSR count). The van der Waals surface area contributed by atoms with Crippen LogP contribution in [0.5, 0.6) is 0 Å². The molecule has 0 N–H and O–H groups in total. The molecule has 1 fully saturated rings. The highest BCUT2D eigenvalue weighted by Crippen LogP contribution is 2.26. The van der Waals surface area contributed by atoms with Gasteiger partial charge in [0.25, 0.3) is 0 Å². The van der Waals surface area contributed by atoms with Crippen molar-refractivity contribution in [2.24, 2.45) is 0 Å². The molecular weight excluding hydrogens is 370 g/mol. The van der Waals surface area contributed by atoms with E-state index in [0.717, 1.165) is 17.7 Å². The van der Waals surface area contributed by atoms with Gasteiger partial charge >= 0.3 is 0 Å². The van der Waals surface area contributed by atoms with Crippen LogP contribution in [0, 0.1) is 25.2 Å². The molecular formula is C18H25N3O3S2. The van der Waals surface area contributed by atoms with Gasteiger partial charge in [0, 0.05) is 17.8 Å². The standard InChI is InChI=1S/C18H25N3O3S2/c1-5-14(4)21(15-6-7-26(23,24)11-15)17(22)10-25-18-16(9-19)12(2)8-13(3)20-18/h8,14-15H,5-7,10-11H2,1-4H3/t14-,15-/m1/s1. The van der Waals surface area contributed by atoms with Crippen molar-refractivity contribution in [3.05, 3.63) is 22.9 Å². The van der Waals surface area contributed by atoms with Crippen molar-refractivity contribution in [1.82, 2.24) is 9.88 Å². The van der Waals surface area contributed by atoms with Crippen LogP contribution in [-0.2, 0) is 14.6 Å². The molecule has 2 heterocycles. The molecule has 1 aromatic heterocycles. The SMILES string of the molecule is CC[C@@H](C)N(C(=O)CSc1nc(C)cc(C)c1C#N)[C@@H]1CCS(=O)(=O)C1. The molecule has 0 aromatic carbocycles. The van der Waals surface area contributed by atoms with Crippen molar-refractivity contribution >= 4 is 27.5 Å². The second kappa shape index (κ2) is 8.40. The third kappa shape index (κ3) is 4.77. The lowest BCUT2D eigenvalue weighted by Crippen LogP contribution is -2.47. The maximum atomic E-state index is 12.9. The van der Waals surface area contributed by atoms with Gasteiger partial charge in [-0.05, 0) is 45.2 Å². The number of nitriles is 1. The Kier molecular flexibility index (Phi) is 6.69. The van der Waals surface area contributed by atoms with Gasteiger partial charge in [0.05, 0.1) is 22.8 Å². The van der Waals surface area contributed by atoms with Crippen molar-refractivity contribution in [2.75, 3.05) is 17.3 Å². The number of nitrogens with zero attached hydrogens (tertiary/aromatic N) is 3. The van der Waals surface area contributed by atoms with Gasteiger partial charge in [-0.25, -0.2) is 13.4 Å². The molecule has 0 unspecified atom stereocenters. The average Bonchev–Trinajstić information content (AvgIpc) is 2.92. The van der Waals surface area contributed by atoms with Gasteiger partial charge in [0.15, 0.2) is 9.84 Å². The van der Waals surface area contributed by atoms with E-state index in [1.165, 1.54) is 11.8 Å². The lowest BCUT2D eigenvalue weighted by atomic mass is 10.1. The lowest BCUT2D eigenvalue weighted by molar-refractivity contribution is -0.132. The van der Waals surface area contributed by atoms with E-state index in [-0.39, 0.29) is 35.2 Å². The molecule has 1 aliphatic rings. The summed E-state index contributed by atoms with van der Waals surface area (Å²) in [6, 6.07) is 3.72. The Hall–Kier alpha value is -1.59. The fourth-order valence-electron chi connectivity index (χ4n) is 3.25. The first-order valence-corrected chi connectivity index (χ1v) is 11.5. The number of carbonyl (C=O) groups is 1. The highest BCUT2D eigenvalue weighted by atomic mass is 32.2. The third-order valence-electron chi connectivity index (χ3n) is 4.71. The molecule has 1 saturated heterocycles. The summed E-state index contributed by atoms with van der Waals surface area (Å²) in [5.41, 5.74) is 2.14. The van der Waals surface area contributed by atoms with E-state index in [1.807, 2.05) is 33.8 Å². The summed E-state index contributed by atoms with van der Waals surface area (Å²) < 4.78 is 23.7. The summed E-state index contributed by atoms with van der Waals surface area (Å²) in [5, 5.41) is 9.91. The molecule has 2 atom stereocenters. The Morgan fingerprint density at radius 2 is 2.19 bits per heavy atom. The third-order valence-corrected chi connectivity index (χ3v) is 7.42. The number of aromatic nitrogens is 1. The summed E-state index contributed by atoms with van der Waals surface area (Å²) in [7, 11) is -3.06. The van der Waals surface area contributed by atoms with Crippen LogP contribution < -0.4 is 0 Å². The van der Waals surface area contributed by atoms with E-state index >= 15 is 0 Å². The Bertz CT molecular complexity index is 831. The van der Waals surface area contributed by atoms with Crippen molar-refractivity contribution in [3.63, 3.8) is 0 Å². The number of pyridine rings is 1. The van der Waals surface area contributed by atoms with Crippen LogP contribution in [0.1, 0.15) is 43.5 Å². The molecule has 0 radical (unpaired) electrons.